The standard InChI is InChI=1S/C8H16N4O3/c9-8(7-12(14)15)11-3-1-10(2-4-11)5-6-13/h9,13H,1-7H2. The van der Waals surface area contributed by atoms with E-state index >= 15 is 0 Å². The highest BCUT2D eigenvalue weighted by Crippen LogP contribution is 2.01. The van der Waals surface area contributed by atoms with E-state index in [0.717, 1.165) is 13.1 Å². The molecule has 1 aliphatic heterocycles. The van der Waals surface area contributed by atoms with Gasteiger partial charge in [0.25, 0.3) is 6.54 Å². The van der Waals surface area contributed by atoms with Gasteiger partial charge in [-0.15, -0.1) is 0 Å². The lowest BCUT2D eigenvalue weighted by atomic mass is 10.3. The number of β-amino-alcohol motifs (C(OH)–C–C–N with tert-alkyl or cyclic N) is 1. The molecule has 0 atom stereocenters. The molecule has 1 aliphatic rings. The molecule has 1 fully saturated rings. The maximum absolute atomic E-state index is 10.2. The molecule has 1 heterocycles. The highest BCUT2D eigenvalue weighted by Gasteiger charge is 2.20. The Morgan fingerprint density at radius 3 is 2.47 bits per heavy atom. The minimum Gasteiger partial charge on any atom is -0.395 e. The first-order valence-electron chi connectivity index (χ1n) is 4.91. The van der Waals surface area contributed by atoms with Crippen LogP contribution in [0.5, 0.6) is 0 Å². The molecule has 0 aromatic rings. The summed E-state index contributed by atoms with van der Waals surface area (Å²) < 4.78 is 0. The molecule has 7 heteroatoms. The number of hydrogen-bond acceptors (Lipinski definition) is 5. The topological polar surface area (TPSA) is 93.7 Å². The number of aliphatic hydroxyl groups excluding tert-OH is 1. The van der Waals surface area contributed by atoms with Crippen LogP contribution in [0.1, 0.15) is 0 Å². The molecule has 2 N–H and O–H groups in total. The van der Waals surface area contributed by atoms with Crippen molar-refractivity contribution in [1.82, 2.24) is 9.80 Å². The van der Waals surface area contributed by atoms with Gasteiger partial charge in [-0.1, -0.05) is 0 Å². The largest absolute Gasteiger partial charge is 0.395 e. The Bertz CT molecular complexity index is 238. The Hall–Kier alpha value is -1.21. The predicted molar refractivity (Wildman–Crippen MR) is 54.7 cm³/mol. The lowest BCUT2D eigenvalue weighted by Crippen LogP contribution is -2.50. The summed E-state index contributed by atoms with van der Waals surface area (Å²) in [5.74, 6) is 0.0728. The van der Waals surface area contributed by atoms with Crippen molar-refractivity contribution in [2.45, 2.75) is 0 Å². The molecule has 0 aromatic heterocycles. The van der Waals surface area contributed by atoms with Gasteiger partial charge in [0, 0.05) is 37.6 Å². The quantitative estimate of drug-likeness (QED) is 0.268. The summed E-state index contributed by atoms with van der Waals surface area (Å²) in [7, 11) is 0. The van der Waals surface area contributed by atoms with Gasteiger partial charge in [0.15, 0.2) is 5.84 Å². The Labute approximate surface area is 87.9 Å². The van der Waals surface area contributed by atoms with E-state index < -0.39 is 11.5 Å². The molecule has 0 aliphatic carbocycles. The van der Waals surface area contributed by atoms with Crippen molar-refractivity contribution in [3.8, 4) is 0 Å². The summed E-state index contributed by atoms with van der Waals surface area (Å²) in [5, 5.41) is 26.4. The second-order valence-electron chi connectivity index (χ2n) is 3.49. The second-order valence-corrected chi connectivity index (χ2v) is 3.49. The van der Waals surface area contributed by atoms with E-state index in [0.29, 0.717) is 19.6 Å². The number of nitrogens with one attached hydrogen (secondary N) is 1. The maximum Gasteiger partial charge on any atom is 0.259 e. The first-order valence-corrected chi connectivity index (χ1v) is 4.91. The fourth-order valence-electron chi connectivity index (χ4n) is 1.61. The van der Waals surface area contributed by atoms with Crippen molar-refractivity contribution in [1.29, 1.82) is 5.41 Å². The zero-order valence-electron chi connectivity index (χ0n) is 8.56. The van der Waals surface area contributed by atoms with Crippen molar-refractivity contribution in [3.05, 3.63) is 10.1 Å². The van der Waals surface area contributed by atoms with E-state index in [4.69, 9.17) is 10.5 Å². The zero-order chi connectivity index (χ0) is 11.3. The molecule has 86 valence electrons. The Kier molecular flexibility index (Phi) is 4.44. The molecule has 0 amide bonds. The summed E-state index contributed by atoms with van der Waals surface area (Å²) in [5.41, 5.74) is 0. The van der Waals surface area contributed by atoms with Gasteiger partial charge in [-0.05, 0) is 0 Å². The third-order valence-corrected chi connectivity index (χ3v) is 2.45. The van der Waals surface area contributed by atoms with Gasteiger partial charge in [-0.2, -0.15) is 0 Å². The molecule has 1 saturated heterocycles. The van der Waals surface area contributed by atoms with Gasteiger partial charge in [0.05, 0.1) is 6.61 Å². The average molecular weight is 216 g/mol. The predicted octanol–water partition coefficient (Wildman–Crippen LogP) is -1.15. The first-order chi connectivity index (χ1) is 7.13. The van der Waals surface area contributed by atoms with Crippen molar-refractivity contribution in [2.24, 2.45) is 0 Å². The molecule has 1 rings (SSSR count). The Morgan fingerprint density at radius 1 is 1.40 bits per heavy atom. The molecule has 0 saturated carbocycles. The van der Waals surface area contributed by atoms with Gasteiger partial charge >= 0.3 is 0 Å². The number of aliphatic hydroxyl groups is 1. The van der Waals surface area contributed by atoms with Crippen LogP contribution in [0.4, 0.5) is 0 Å². The fraction of sp³-hybridized carbons (Fsp3) is 0.875. The van der Waals surface area contributed by atoms with Crippen LogP contribution in [0.3, 0.4) is 0 Å². The van der Waals surface area contributed by atoms with Crippen molar-refractivity contribution < 1.29 is 10.0 Å². The smallest absolute Gasteiger partial charge is 0.259 e. The monoisotopic (exact) mass is 216 g/mol. The first kappa shape index (κ1) is 11.9. The third kappa shape index (κ3) is 3.80. The molecule has 0 bridgehead atoms. The van der Waals surface area contributed by atoms with Gasteiger partial charge in [0.2, 0.25) is 0 Å². The van der Waals surface area contributed by atoms with E-state index in [9.17, 15) is 10.1 Å². The second kappa shape index (κ2) is 5.62. The van der Waals surface area contributed by atoms with E-state index in [1.54, 1.807) is 4.90 Å². The van der Waals surface area contributed by atoms with Crippen molar-refractivity contribution >= 4 is 5.84 Å². The van der Waals surface area contributed by atoms with Gasteiger partial charge in [-0.25, -0.2) is 0 Å². The number of piperazine rings is 1. The minimum atomic E-state index is -0.484. The summed E-state index contributed by atoms with van der Waals surface area (Å²) in [6.07, 6.45) is 0. The van der Waals surface area contributed by atoms with Crippen LogP contribution in [0.25, 0.3) is 0 Å². The molecule has 15 heavy (non-hydrogen) atoms. The van der Waals surface area contributed by atoms with Crippen molar-refractivity contribution in [3.63, 3.8) is 0 Å². The molecule has 0 radical (unpaired) electrons. The van der Waals surface area contributed by atoms with Gasteiger partial charge in [-0.3, -0.25) is 20.4 Å². The van der Waals surface area contributed by atoms with E-state index in [-0.39, 0.29) is 12.4 Å². The summed E-state index contributed by atoms with van der Waals surface area (Å²) in [6, 6.07) is 0. The summed E-state index contributed by atoms with van der Waals surface area (Å²) in [6.45, 7) is 3.13. The van der Waals surface area contributed by atoms with Crippen LogP contribution in [0.15, 0.2) is 0 Å². The van der Waals surface area contributed by atoms with E-state index in [1.165, 1.54) is 0 Å². The molecular formula is C8H16N4O3. The third-order valence-electron chi connectivity index (χ3n) is 2.45. The van der Waals surface area contributed by atoms with Gasteiger partial charge < -0.3 is 10.0 Å². The van der Waals surface area contributed by atoms with Gasteiger partial charge in [0.1, 0.15) is 0 Å². The molecule has 0 unspecified atom stereocenters. The molecule has 0 aromatic carbocycles. The summed E-state index contributed by atoms with van der Waals surface area (Å²) >= 11 is 0. The molecular weight excluding hydrogens is 200 g/mol. The lowest BCUT2D eigenvalue weighted by Gasteiger charge is -2.34. The number of hydrogen-bond donors (Lipinski definition) is 2. The average Bonchev–Trinajstić information content (AvgIpc) is 2.18. The summed E-state index contributed by atoms with van der Waals surface area (Å²) in [4.78, 5) is 13.5. The number of rotatable bonds is 4. The number of nitrogens with zero attached hydrogens (tertiary/aromatic N) is 3. The van der Waals surface area contributed by atoms with E-state index in [1.807, 2.05) is 0 Å². The van der Waals surface area contributed by atoms with Crippen LogP contribution >= 0.6 is 0 Å². The maximum atomic E-state index is 10.2. The highest BCUT2D eigenvalue weighted by molar-refractivity contribution is 5.80. The van der Waals surface area contributed by atoms with Crippen LogP contribution in [-0.2, 0) is 0 Å². The molecule has 0 spiro atoms. The van der Waals surface area contributed by atoms with Crippen LogP contribution in [-0.4, -0.2) is 71.5 Å². The normalized spacial score (nSPS) is 17.8. The Balaban J connectivity index is 2.30. The van der Waals surface area contributed by atoms with Crippen LogP contribution in [0, 0.1) is 15.5 Å². The SMILES string of the molecule is N=C(C[N+](=O)[O-])N1CCN(CCO)CC1. The van der Waals surface area contributed by atoms with E-state index in [2.05, 4.69) is 4.90 Å². The number of nitro groups is 1. The lowest BCUT2D eigenvalue weighted by molar-refractivity contribution is -0.464. The fourth-order valence-corrected chi connectivity index (χ4v) is 1.61. The van der Waals surface area contributed by atoms with Crippen LogP contribution in [0.2, 0.25) is 0 Å². The highest BCUT2D eigenvalue weighted by atomic mass is 16.6. The Morgan fingerprint density at radius 2 is 2.00 bits per heavy atom. The zero-order valence-corrected chi connectivity index (χ0v) is 8.56. The van der Waals surface area contributed by atoms with Crippen molar-refractivity contribution in [2.75, 3.05) is 45.9 Å². The molecule has 7 nitrogen and oxygen atoms in total. The minimum absolute atomic E-state index is 0.0728. The number of amidine groups is 1. The van der Waals surface area contributed by atoms with Crippen LogP contribution < -0.4 is 0 Å².